The number of halogens is 1. The van der Waals surface area contributed by atoms with Crippen LogP contribution in [0.2, 0.25) is 0 Å². The van der Waals surface area contributed by atoms with Gasteiger partial charge in [0.1, 0.15) is 12.4 Å². The van der Waals surface area contributed by atoms with Crippen LogP contribution in [0.5, 0.6) is 0 Å². The van der Waals surface area contributed by atoms with Crippen LogP contribution < -0.4 is 10.3 Å². The molecule has 0 aromatic heterocycles. The summed E-state index contributed by atoms with van der Waals surface area (Å²) in [6.07, 6.45) is 3.67. The van der Waals surface area contributed by atoms with E-state index < -0.39 is 33.0 Å². The van der Waals surface area contributed by atoms with Gasteiger partial charge < -0.3 is 4.74 Å². The lowest BCUT2D eigenvalue weighted by Crippen LogP contribution is -2.46. The quantitative estimate of drug-likeness (QED) is 0.317. The van der Waals surface area contributed by atoms with E-state index in [0.717, 1.165) is 24.8 Å². The minimum atomic E-state index is -3.77. The number of nitrogens with one attached hydrogen (secondary N) is 2. The number of aryl methyl sites for hydroxylation is 1. The van der Waals surface area contributed by atoms with Crippen molar-refractivity contribution in [2.75, 3.05) is 0 Å². The number of amides is 1. The molecular weight excluding hydrogens is 495 g/mol. The van der Waals surface area contributed by atoms with Gasteiger partial charge in [-0.05, 0) is 66.3 Å². The van der Waals surface area contributed by atoms with E-state index in [0.29, 0.717) is 29.5 Å². The highest BCUT2D eigenvalue weighted by atomic mass is 32.2. The van der Waals surface area contributed by atoms with E-state index in [9.17, 15) is 22.4 Å². The number of rotatable bonds is 8. The van der Waals surface area contributed by atoms with Gasteiger partial charge in [0.15, 0.2) is 0 Å². The molecule has 1 aliphatic rings. The highest BCUT2D eigenvalue weighted by Crippen LogP contribution is 2.27. The minimum Gasteiger partial charge on any atom is -0.457 e. The Morgan fingerprint density at radius 1 is 0.946 bits per heavy atom. The number of hydrogen-bond donors (Lipinski definition) is 2. The molecule has 0 radical (unpaired) electrons. The van der Waals surface area contributed by atoms with Crippen LogP contribution in [0.25, 0.3) is 11.1 Å². The molecule has 0 spiro atoms. The Balaban J connectivity index is 1.50. The van der Waals surface area contributed by atoms with Crippen LogP contribution in [0.4, 0.5) is 4.39 Å². The molecule has 3 aromatic carbocycles. The van der Waals surface area contributed by atoms with E-state index in [4.69, 9.17) is 4.74 Å². The fourth-order valence-corrected chi connectivity index (χ4v) is 5.73. The van der Waals surface area contributed by atoms with Crippen LogP contribution >= 0.6 is 0 Å². The van der Waals surface area contributed by atoms with E-state index >= 15 is 0 Å². The summed E-state index contributed by atoms with van der Waals surface area (Å²) in [4.78, 5) is 27.5. The maximum atomic E-state index is 14.9. The van der Waals surface area contributed by atoms with Gasteiger partial charge in [-0.25, -0.2) is 17.6 Å². The molecule has 194 valence electrons. The molecule has 0 unspecified atom stereocenters. The molecule has 4 rings (SSSR count). The van der Waals surface area contributed by atoms with Gasteiger partial charge in [-0.15, -0.1) is 4.83 Å². The summed E-state index contributed by atoms with van der Waals surface area (Å²) >= 11 is 0. The number of esters is 1. The Hall–Kier alpha value is -3.56. The molecule has 1 aliphatic carbocycles. The third kappa shape index (κ3) is 6.61. The van der Waals surface area contributed by atoms with Crippen LogP contribution in [0, 0.1) is 12.7 Å². The molecule has 37 heavy (non-hydrogen) atoms. The molecule has 7 nitrogen and oxygen atoms in total. The van der Waals surface area contributed by atoms with Crippen molar-refractivity contribution in [1.82, 2.24) is 10.3 Å². The maximum Gasteiger partial charge on any atom is 0.338 e. The van der Waals surface area contributed by atoms with Gasteiger partial charge in [0, 0.05) is 0 Å². The van der Waals surface area contributed by atoms with E-state index in [2.05, 4.69) is 10.3 Å². The first kappa shape index (κ1) is 26.5. The van der Waals surface area contributed by atoms with Crippen LogP contribution in [-0.4, -0.2) is 25.5 Å². The van der Waals surface area contributed by atoms with Gasteiger partial charge >= 0.3 is 5.97 Å². The molecule has 9 heteroatoms. The summed E-state index contributed by atoms with van der Waals surface area (Å²) in [5.41, 5.74) is 4.29. The lowest BCUT2D eigenvalue weighted by molar-refractivity contribution is 0.0472. The standard InChI is InChI=1S/C28H29FN2O5S/c1-19-15-23(21-11-8-12-22(16-21)28(33)36-18-20-9-4-2-5-10-20)17-25(26(19)29)27(32)30-31-37(34,35)24-13-6-3-7-14-24/h2,4-5,8-12,15-17,24,31H,3,6-7,13-14,18H2,1H3,(H,30,32). The lowest BCUT2D eigenvalue weighted by atomic mass is 9.98. The molecule has 2 N–H and O–H groups in total. The summed E-state index contributed by atoms with van der Waals surface area (Å²) in [6, 6.07) is 18.8. The molecule has 1 amide bonds. The number of sulfonamides is 1. The predicted molar refractivity (Wildman–Crippen MR) is 139 cm³/mol. The summed E-state index contributed by atoms with van der Waals surface area (Å²) in [6.45, 7) is 1.64. The Morgan fingerprint density at radius 3 is 2.41 bits per heavy atom. The van der Waals surface area contributed by atoms with Crippen molar-refractivity contribution in [3.63, 3.8) is 0 Å². The predicted octanol–water partition coefficient (Wildman–Crippen LogP) is 5.06. The fraction of sp³-hybridized carbons (Fsp3) is 0.286. The second kappa shape index (κ2) is 11.7. The zero-order valence-electron chi connectivity index (χ0n) is 20.5. The van der Waals surface area contributed by atoms with Gasteiger partial charge in [-0.3, -0.25) is 10.2 Å². The molecule has 0 bridgehead atoms. The van der Waals surface area contributed by atoms with Gasteiger partial charge in [0.05, 0.1) is 16.4 Å². The van der Waals surface area contributed by atoms with Crippen LogP contribution in [-0.2, 0) is 21.4 Å². The third-order valence-electron chi connectivity index (χ3n) is 6.44. The largest absolute Gasteiger partial charge is 0.457 e. The zero-order chi connectivity index (χ0) is 26.4. The van der Waals surface area contributed by atoms with Crippen LogP contribution in [0.1, 0.15) is 63.9 Å². The minimum absolute atomic E-state index is 0.126. The van der Waals surface area contributed by atoms with E-state index in [-0.39, 0.29) is 17.7 Å². The Morgan fingerprint density at radius 2 is 1.68 bits per heavy atom. The second-order valence-corrected chi connectivity index (χ2v) is 11.1. The number of hydrazine groups is 1. The molecule has 0 saturated heterocycles. The smallest absolute Gasteiger partial charge is 0.338 e. The van der Waals surface area contributed by atoms with Crippen molar-refractivity contribution >= 4 is 21.9 Å². The maximum absolute atomic E-state index is 14.9. The molecule has 0 aliphatic heterocycles. The lowest BCUT2D eigenvalue weighted by Gasteiger charge is -2.22. The number of ether oxygens (including phenoxy) is 1. The third-order valence-corrected chi connectivity index (χ3v) is 8.18. The zero-order valence-corrected chi connectivity index (χ0v) is 21.3. The molecule has 0 atom stereocenters. The van der Waals surface area contributed by atoms with Gasteiger partial charge in [0.25, 0.3) is 5.91 Å². The number of benzene rings is 3. The molecule has 3 aromatic rings. The van der Waals surface area contributed by atoms with Crippen molar-refractivity contribution in [1.29, 1.82) is 0 Å². The Bertz CT molecular complexity index is 1390. The highest BCUT2D eigenvalue weighted by Gasteiger charge is 2.28. The molecule has 1 fully saturated rings. The van der Waals surface area contributed by atoms with Crippen LogP contribution in [0.3, 0.4) is 0 Å². The topological polar surface area (TPSA) is 102 Å². The highest BCUT2D eigenvalue weighted by molar-refractivity contribution is 7.90. The summed E-state index contributed by atoms with van der Waals surface area (Å²) in [5, 5.41) is -0.580. The average molecular weight is 525 g/mol. The first-order chi connectivity index (χ1) is 17.7. The fourth-order valence-electron chi connectivity index (χ4n) is 4.38. The van der Waals surface area contributed by atoms with E-state index in [1.807, 2.05) is 30.3 Å². The summed E-state index contributed by atoms with van der Waals surface area (Å²) in [5.74, 6) is -2.17. The van der Waals surface area contributed by atoms with Crippen molar-refractivity contribution < 1.29 is 27.1 Å². The van der Waals surface area contributed by atoms with Gasteiger partial charge in [0.2, 0.25) is 10.0 Å². The normalized spacial score (nSPS) is 14.2. The molecule has 0 heterocycles. The number of carbonyl (C=O) groups excluding carboxylic acids is 2. The van der Waals surface area contributed by atoms with Crippen molar-refractivity contribution in [3.8, 4) is 11.1 Å². The Kier molecular flexibility index (Phi) is 8.35. The second-order valence-electron chi connectivity index (χ2n) is 9.16. The first-order valence-electron chi connectivity index (χ1n) is 12.2. The Labute approximate surface area is 216 Å². The van der Waals surface area contributed by atoms with Crippen molar-refractivity contribution in [3.05, 3.63) is 94.8 Å². The van der Waals surface area contributed by atoms with Gasteiger partial charge in [-0.2, -0.15) is 0 Å². The van der Waals surface area contributed by atoms with E-state index in [1.54, 1.807) is 30.3 Å². The summed E-state index contributed by atoms with van der Waals surface area (Å²) < 4.78 is 45.4. The SMILES string of the molecule is Cc1cc(-c2cccc(C(=O)OCc3ccccc3)c2)cc(C(=O)NNS(=O)(=O)C2CCCCC2)c1F. The van der Waals surface area contributed by atoms with Gasteiger partial charge in [-0.1, -0.05) is 61.7 Å². The number of carbonyl (C=O) groups is 2. The van der Waals surface area contributed by atoms with Crippen molar-refractivity contribution in [2.45, 2.75) is 50.9 Å². The average Bonchev–Trinajstić information content (AvgIpc) is 2.93. The van der Waals surface area contributed by atoms with Crippen LogP contribution in [0.15, 0.2) is 66.7 Å². The van der Waals surface area contributed by atoms with Crippen molar-refractivity contribution in [2.24, 2.45) is 0 Å². The summed E-state index contributed by atoms with van der Waals surface area (Å²) in [7, 11) is -3.77. The molecular formula is C28H29FN2O5S. The first-order valence-corrected chi connectivity index (χ1v) is 13.7. The monoisotopic (exact) mass is 524 g/mol. The van der Waals surface area contributed by atoms with E-state index in [1.165, 1.54) is 13.0 Å². The number of hydrogen-bond acceptors (Lipinski definition) is 5. The molecule has 1 saturated carbocycles.